The summed E-state index contributed by atoms with van der Waals surface area (Å²) < 4.78 is 5.71. The first-order valence-electron chi connectivity index (χ1n) is 10.4. The van der Waals surface area contributed by atoms with Gasteiger partial charge in [0.1, 0.15) is 0 Å². The fraction of sp³-hybridized carbons (Fsp3) is 1.00. The lowest BCUT2D eigenvalue weighted by Gasteiger charge is -2.44. The Morgan fingerprint density at radius 3 is 2.83 bits per heavy atom. The van der Waals surface area contributed by atoms with Gasteiger partial charge in [0.15, 0.2) is 0 Å². The van der Waals surface area contributed by atoms with Crippen LogP contribution in [0.4, 0.5) is 0 Å². The molecule has 24 heavy (non-hydrogen) atoms. The zero-order valence-electron chi connectivity index (χ0n) is 16.2. The molecule has 3 fully saturated rings. The van der Waals surface area contributed by atoms with Gasteiger partial charge in [0.2, 0.25) is 0 Å². The molecule has 0 aromatic carbocycles. The lowest BCUT2D eigenvalue weighted by atomic mass is 9.90. The van der Waals surface area contributed by atoms with Gasteiger partial charge in [-0.25, -0.2) is 0 Å². The maximum absolute atomic E-state index is 5.71. The van der Waals surface area contributed by atoms with Gasteiger partial charge < -0.3 is 15.4 Å². The SMILES string of the molecule is CCC1CCCN(C(C)(C)CNC2CCCC2C2COCCN2)C1. The van der Waals surface area contributed by atoms with Gasteiger partial charge >= 0.3 is 0 Å². The first-order valence-corrected chi connectivity index (χ1v) is 10.4. The number of nitrogens with one attached hydrogen (secondary N) is 2. The van der Waals surface area contributed by atoms with Gasteiger partial charge in [-0.1, -0.05) is 19.8 Å². The van der Waals surface area contributed by atoms with Crippen LogP contribution in [0.1, 0.15) is 59.3 Å². The normalized spacial score (nSPS) is 36.1. The fourth-order valence-corrected chi connectivity index (χ4v) is 5.03. The molecule has 2 heterocycles. The molecule has 4 unspecified atom stereocenters. The summed E-state index contributed by atoms with van der Waals surface area (Å²) in [7, 11) is 0. The second kappa shape index (κ2) is 8.48. The number of likely N-dealkylation sites (tertiary alicyclic amines) is 1. The summed E-state index contributed by atoms with van der Waals surface area (Å²) in [5.41, 5.74) is 0.261. The Hall–Kier alpha value is -0.160. The van der Waals surface area contributed by atoms with Crippen molar-refractivity contribution in [1.29, 1.82) is 0 Å². The highest BCUT2D eigenvalue weighted by Gasteiger charge is 2.37. The molecule has 4 nitrogen and oxygen atoms in total. The van der Waals surface area contributed by atoms with Crippen LogP contribution in [0.2, 0.25) is 0 Å². The van der Waals surface area contributed by atoms with Crippen molar-refractivity contribution in [2.24, 2.45) is 11.8 Å². The summed E-state index contributed by atoms with van der Waals surface area (Å²) >= 11 is 0. The van der Waals surface area contributed by atoms with E-state index in [1.165, 1.54) is 51.6 Å². The number of rotatable bonds is 6. The van der Waals surface area contributed by atoms with E-state index in [1.54, 1.807) is 0 Å². The third-order valence-electron chi connectivity index (χ3n) is 6.79. The second-order valence-corrected chi connectivity index (χ2v) is 8.89. The van der Waals surface area contributed by atoms with Gasteiger partial charge in [-0.3, -0.25) is 4.90 Å². The highest BCUT2D eigenvalue weighted by atomic mass is 16.5. The minimum absolute atomic E-state index is 0.261. The Balaban J connectivity index is 1.51. The van der Waals surface area contributed by atoms with Crippen molar-refractivity contribution in [1.82, 2.24) is 15.5 Å². The van der Waals surface area contributed by atoms with Crippen molar-refractivity contribution in [3.63, 3.8) is 0 Å². The highest BCUT2D eigenvalue weighted by Crippen LogP contribution is 2.31. The van der Waals surface area contributed by atoms with E-state index in [4.69, 9.17) is 4.74 Å². The van der Waals surface area contributed by atoms with Gasteiger partial charge in [-0.05, 0) is 57.9 Å². The zero-order valence-corrected chi connectivity index (χ0v) is 16.2. The molecule has 0 aromatic heterocycles. The van der Waals surface area contributed by atoms with Crippen LogP contribution in [0.5, 0.6) is 0 Å². The number of hydrogen-bond donors (Lipinski definition) is 2. The lowest BCUT2D eigenvalue weighted by Crippen LogP contribution is -2.57. The quantitative estimate of drug-likeness (QED) is 0.781. The Bertz CT molecular complexity index is 381. The van der Waals surface area contributed by atoms with Gasteiger partial charge in [0.25, 0.3) is 0 Å². The van der Waals surface area contributed by atoms with Gasteiger partial charge in [-0.15, -0.1) is 0 Å². The predicted octanol–water partition coefficient (Wildman–Crippen LogP) is 2.63. The molecule has 2 saturated heterocycles. The first kappa shape index (κ1) is 18.6. The molecule has 2 N–H and O–H groups in total. The molecule has 0 bridgehead atoms. The van der Waals surface area contributed by atoms with Crippen LogP contribution < -0.4 is 10.6 Å². The molecule has 0 radical (unpaired) electrons. The monoisotopic (exact) mass is 337 g/mol. The molecular weight excluding hydrogens is 298 g/mol. The summed E-state index contributed by atoms with van der Waals surface area (Å²) in [6, 6.07) is 1.22. The van der Waals surface area contributed by atoms with Crippen molar-refractivity contribution in [3.05, 3.63) is 0 Å². The molecule has 3 aliphatic rings. The molecule has 4 atom stereocenters. The zero-order chi connectivity index (χ0) is 17.0. The van der Waals surface area contributed by atoms with E-state index in [-0.39, 0.29) is 5.54 Å². The molecule has 0 aromatic rings. The predicted molar refractivity (Wildman–Crippen MR) is 100 cm³/mol. The molecule has 1 aliphatic carbocycles. The Morgan fingerprint density at radius 2 is 2.08 bits per heavy atom. The minimum atomic E-state index is 0.261. The molecule has 0 spiro atoms. The summed E-state index contributed by atoms with van der Waals surface area (Å²) in [4.78, 5) is 2.74. The van der Waals surface area contributed by atoms with Crippen molar-refractivity contribution >= 4 is 0 Å². The van der Waals surface area contributed by atoms with Crippen LogP contribution >= 0.6 is 0 Å². The average Bonchev–Trinajstić information content (AvgIpc) is 3.09. The smallest absolute Gasteiger partial charge is 0.0623 e. The average molecular weight is 338 g/mol. The van der Waals surface area contributed by atoms with E-state index in [9.17, 15) is 0 Å². The Kier molecular flexibility index (Phi) is 6.58. The van der Waals surface area contributed by atoms with Crippen molar-refractivity contribution < 1.29 is 4.74 Å². The largest absolute Gasteiger partial charge is 0.379 e. The topological polar surface area (TPSA) is 36.5 Å². The van der Waals surface area contributed by atoms with Gasteiger partial charge in [-0.2, -0.15) is 0 Å². The van der Waals surface area contributed by atoms with Crippen LogP contribution in [0, 0.1) is 11.8 Å². The maximum Gasteiger partial charge on any atom is 0.0623 e. The number of hydrogen-bond acceptors (Lipinski definition) is 4. The molecule has 1 saturated carbocycles. The van der Waals surface area contributed by atoms with E-state index in [0.717, 1.165) is 38.1 Å². The molecule has 140 valence electrons. The van der Waals surface area contributed by atoms with Crippen LogP contribution in [0.15, 0.2) is 0 Å². The lowest BCUT2D eigenvalue weighted by molar-refractivity contribution is 0.0451. The van der Waals surface area contributed by atoms with Crippen LogP contribution in [0.3, 0.4) is 0 Å². The summed E-state index contributed by atoms with van der Waals surface area (Å²) in [5.74, 6) is 1.65. The van der Waals surface area contributed by atoms with Gasteiger partial charge in [0, 0.05) is 37.3 Å². The third kappa shape index (κ3) is 4.51. The van der Waals surface area contributed by atoms with Crippen LogP contribution in [-0.2, 0) is 4.74 Å². The van der Waals surface area contributed by atoms with E-state index >= 15 is 0 Å². The summed E-state index contributed by atoms with van der Waals surface area (Å²) in [6.07, 6.45) is 8.17. The summed E-state index contributed by atoms with van der Waals surface area (Å²) in [5, 5.41) is 7.65. The van der Waals surface area contributed by atoms with Crippen molar-refractivity contribution in [3.8, 4) is 0 Å². The summed E-state index contributed by atoms with van der Waals surface area (Å²) in [6.45, 7) is 13.7. The maximum atomic E-state index is 5.71. The highest BCUT2D eigenvalue weighted by molar-refractivity contribution is 4.95. The van der Waals surface area contributed by atoms with E-state index in [0.29, 0.717) is 12.1 Å². The second-order valence-electron chi connectivity index (χ2n) is 8.89. The number of nitrogens with zero attached hydrogens (tertiary/aromatic N) is 1. The van der Waals surface area contributed by atoms with Crippen molar-refractivity contribution in [2.45, 2.75) is 76.9 Å². The third-order valence-corrected chi connectivity index (χ3v) is 6.79. The molecular formula is C20H39N3O. The van der Waals surface area contributed by atoms with Crippen LogP contribution in [-0.4, -0.2) is 61.9 Å². The molecule has 3 rings (SSSR count). The first-order chi connectivity index (χ1) is 11.6. The van der Waals surface area contributed by atoms with E-state index in [2.05, 4.69) is 36.3 Å². The number of ether oxygens (including phenoxy) is 1. The van der Waals surface area contributed by atoms with Crippen LogP contribution in [0.25, 0.3) is 0 Å². The Morgan fingerprint density at radius 1 is 1.21 bits per heavy atom. The number of piperidine rings is 1. The van der Waals surface area contributed by atoms with Crippen molar-refractivity contribution in [2.75, 3.05) is 39.4 Å². The Labute approximate surface area is 149 Å². The molecule has 4 heteroatoms. The molecule has 2 aliphatic heterocycles. The van der Waals surface area contributed by atoms with E-state index < -0.39 is 0 Å². The standard InChI is InChI=1S/C20H39N3O/c1-4-16-7-6-11-23(13-16)20(2,3)15-22-18-9-5-8-17(18)19-14-24-12-10-21-19/h16-19,21-22H,4-15H2,1-3H3. The minimum Gasteiger partial charge on any atom is -0.379 e. The van der Waals surface area contributed by atoms with Gasteiger partial charge in [0.05, 0.1) is 13.2 Å². The number of morpholine rings is 1. The fourth-order valence-electron chi connectivity index (χ4n) is 5.03. The van der Waals surface area contributed by atoms with E-state index in [1.807, 2.05) is 0 Å². The molecule has 0 amide bonds.